The molecule has 0 radical (unpaired) electrons. The number of furan rings is 1. The molecular formula is C18H24N2O2. The third-order valence-electron chi connectivity index (χ3n) is 4.98. The first-order chi connectivity index (χ1) is 10.6. The van der Waals surface area contributed by atoms with E-state index in [0.717, 1.165) is 54.6 Å². The Balaban J connectivity index is 1.74. The molecule has 0 spiro atoms. The Hall–Kier alpha value is -1.81. The molecule has 2 heterocycles. The van der Waals surface area contributed by atoms with Gasteiger partial charge in [-0.15, -0.1) is 0 Å². The van der Waals surface area contributed by atoms with Crippen LogP contribution in [0.3, 0.4) is 0 Å². The lowest BCUT2D eigenvalue weighted by Crippen LogP contribution is -2.40. The normalized spacial score (nSPS) is 16.4. The Bertz CT molecular complexity index is 682. The lowest BCUT2D eigenvalue weighted by atomic mass is 9.96. The van der Waals surface area contributed by atoms with Gasteiger partial charge in [-0.05, 0) is 50.3 Å². The number of fused-ring (bicyclic) bond motifs is 1. The molecule has 1 fully saturated rings. The highest BCUT2D eigenvalue weighted by Crippen LogP contribution is 2.27. The summed E-state index contributed by atoms with van der Waals surface area (Å²) in [5.74, 6) is 0.765. The van der Waals surface area contributed by atoms with E-state index in [0.29, 0.717) is 12.3 Å². The number of nitrogens with two attached hydrogens (primary N) is 1. The van der Waals surface area contributed by atoms with E-state index in [2.05, 4.69) is 26.0 Å². The molecule has 0 unspecified atom stereocenters. The molecule has 0 aliphatic carbocycles. The number of piperidine rings is 1. The summed E-state index contributed by atoms with van der Waals surface area (Å²) in [5.41, 5.74) is 9.97. The van der Waals surface area contributed by atoms with Crippen LogP contribution in [0.2, 0.25) is 0 Å². The van der Waals surface area contributed by atoms with Gasteiger partial charge in [0.2, 0.25) is 5.91 Å². The van der Waals surface area contributed by atoms with Crippen molar-refractivity contribution in [3.05, 3.63) is 35.1 Å². The van der Waals surface area contributed by atoms with Gasteiger partial charge in [0.05, 0.1) is 12.7 Å². The van der Waals surface area contributed by atoms with Crippen molar-refractivity contribution < 1.29 is 9.21 Å². The lowest BCUT2D eigenvalue weighted by molar-refractivity contribution is -0.131. The number of amides is 1. The molecule has 0 saturated carbocycles. The van der Waals surface area contributed by atoms with Crippen LogP contribution in [-0.2, 0) is 11.2 Å². The average Bonchev–Trinajstić information content (AvgIpc) is 2.94. The smallest absolute Gasteiger partial charge is 0.227 e. The molecule has 4 nitrogen and oxygen atoms in total. The van der Waals surface area contributed by atoms with Crippen molar-refractivity contribution in [1.82, 2.24) is 4.90 Å². The van der Waals surface area contributed by atoms with Gasteiger partial charge in [-0.2, -0.15) is 0 Å². The summed E-state index contributed by atoms with van der Waals surface area (Å²) < 4.78 is 5.70. The molecule has 1 aliphatic heterocycles. The Morgan fingerprint density at radius 2 is 2.05 bits per heavy atom. The Kier molecular flexibility index (Phi) is 4.21. The number of benzene rings is 1. The number of likely N-dealkylation sites (tertiary alicyclic amines) is 1. The molecule has 3 rings (SSSR count). The van der Waals surface area contributed by atoms with Gasteiger partial charge in [-0.3, -0.25) is 4.79 Å². The van der Waals surface area contributed by atoms with Crippen molar-refractivity contribution in [3.63, 3.8) is 0 Å². The summed E-state index contributed by atoms with van der Waals surface area (Å²) in [4.78, 5) is 14.5. The molecule has 2 N–H and O–H groups in total. The van der Waals surface area contributed by atoms with Crippen LogP contribution in [0.1, 0.15) is 29.5 Å². The van der Waals surface area contributed by atoms with E-state index in [9.17, 15) is 4.79 Å². The Labute approximate surface area is 131 Å². The zero-order valence-corrected chi connectivity index (χ0v) is 13.4. The molecule has 1 aromatic carbocycles. The maximum absolute atomic E-state index is 12.5. The van der Waals surface area contributed by atoms with E-state index in [-0.39, 0.29) is 5.91 Å². The van der Waals surface area contributed by atoms with Crippen LogP contribution in [0.5, 0.6) is 0 Å². The molecule has 1 aromatic heterocycles. The molecular weight excluding hydrogens is 276 g/mol. The quantitative estimate of drug-likeness (QED) is 0.948. The van der Waals surface area contributed by atoms with Gasteiger partial charge in [0.25, 0.3) is 0 Å². The Morgan fingerprint density at radius 1 is 1.32 bits per heavy atom. The minimum Gasteiger partial charge on any atom is -0.464 e. The predicted octanol–water partition coefficient (Wildman–Crippen LogP) is 2.79. The number of hydrogen-bond acceptors (Lipinski definition) is 3. The standard InChI is InChI=1S/C18H24N2O2/c1-12-3-4-16-15(11-22-18(16)13(12)2)9-17(21)20-7-5-14(10-19)6-8-20/h3-4,11,14H,5-10,19H2,1-2H3. The van der Waals surface area contributed by atoms with Crippen LogP contribution in [-0.4, -0.2) is 30.4 Å². The second kappa shape index (κ2) is 6.13. The van der Waals surface area contributed by atoms with Crippen LogP contribution < -0.4 is 5.73 Å². The van der Waals surface area contributed by atoms with Crippen molar-refractivity contribution >= 4 is 16.9 Å². The molecule has 1 amide bonds. The summed E-state index contributed by atoms with van der Waals surface area (Å²) in [5, 5.41) is 1.06. The third-order valence-corrected chi connectivity index (χ3v) is 4.98. The lowest BCUT2D eigenvalue weighted by Gasteiger charge is -2.31. The minimum absolute atomic E-state index is 0.191. The van der Waals surface area contributed by atoms with Gasteiger partial charge >= 0.3 is 0 Å². The number of carbonyl (C=O) groups is 1. The van der Waals surface area contributed by atoms with Gasteiger partial charge in [-0.25, -0.2) is 0 Å². The zero-order chi connectivity index (χ0) is 15.7. The SMILES string of the molecule is Cc1ccc2c(CC(=O)N3CCC(CN)CC3)coc2c1C. The van der Waals surface area contributed by atoms with E-state index in [1.54, 1.807) is 6.26 Å². The van der Waals surface area contributed by atoms with Crippen LogP contribution in [0.4, 0.5) is 0 Å². The molecule has 1 aliphatic rings. The van der Waals surface area contributed by atoms with Gasteiger partial charge in [-0.1, -0.05) is 12.1 Å². The molecule has 4 heteroatoms. The van der Waals surface area contributed by atoms with Crippen LogP contribution in [0.25, 0.3) is 11.0 Å². The van der Waals surface area contributed by atoms with Gasteiger partial charge in [0, 0.05) is 24.0 Å². The average molecular weight is 300 g/mol. The highest BCUT2D eigenvalue weighted by molar-refractivity contribution is 5.89. The van der Waals surface area contributed by atoms with Gasteiger partial charge in [0.1, 0.15) is 5.58 Å². The van der Waals surface area contributed by atoms with Crippen LogP contribution >= 0.6 is 0 Å². The van der Waals surface area contributed by atoms with Crippen molar-refractivity contribution in [3.8, 4) is 0 Å². The maximum Gasteiger partial charge on any atom is 0.227 e. The number of hydrogen-bond donors (Lipinski definition) is 1. The summed E-state index contributed by atoms with van der Waals surface area (Å²) in [7, 11) is 0. The molecule has 1 saturated heterocycles. The van der Waals surface area contributed by atoms with E-state index < -0.39 is 0 Å². The summed E-state index contributed by atoms with van der Waals surface area (Å²) >= 11 is 0. The topological polar surface area (TPSA) is 59.5 Å². The summed E-state index contributed by atoms with van der Waals surface area (Å²) in [6.07, 6.45) is 4.20. The second-order valence-electron chi connectivity index (χ2n) is 6.38. The first kappa shape index (κ1) is 15.1. The highest BCUT2D eigenvalue weighted by Gasteiger charge is 2.23. The molecule has 0 bridgehead atoms. The van der Waals surface area contributed by atoms with Crippen molar-refractivity contribution in [2.75, 3.05) is 19.6 Å². The number of carbonyl (C=O) groups excluding carboxylic acids is 1. The van der Waals surface area contributed by atoms with Crippen molar-refractivity contribution in [2.45, 2.75) is 33.1 Å². The number of nitrogens with zero attached hydrogens (tertiary/aromatic N) is 1. The second-order valence-corrected chi connectivity index (χ2v) is 6.38. The molecule has 2 aromatic rings. The van der Waals surface area contributed by atoms with Gasteiger partial charge in [0.15, 0.2) is 0 Å². The minimum atomic E-state index is 0.191. The maximum atomic E-state index is 12.5. The predicted molar refractivity (Wildman–Crippen MR) is 87.8 cm³/mol. The monoisotopic (exact) mass is 300 g/mol. The zero-order valence-electron chi connectivity index (χ0n) is 13.4. The first-order valence-electron chi connectivity index (χ1n) is 8.04. The van der Waals surface area contributed by atoms with E-state index in [4.69, 9.17) is 10.2 Å². The van der Waals surface area contributed by atoms with E-state index >= 15 is 0 Å². The van der Waals surface area contributed by atoms with Crippen molar-refractivity contribution in [1.29, 1.82) is 0 Å². The number of aryl methyl sites for hydroxylation is 2. The van der Waals surface area contributed by atoms with E-state index in [1.165, 1.54) is 5.56 Å². The number of rotatable bonds is 3. The molecule has 0 atom stereocenters. The largest absolute Gasteiger partial charge is 0.464 e. The van der Waals surface area contributed by atoms with Crippen LogP contribution in [0.15, 0.2) is 22.8 Å². The fraction of sp³-hybridized carbons (Fsp3) is 0.500. The Morgan fingerprint density at radius 3 is 2.73 bits per heavy atom. The fourth-order valence-electron chi connectivity index (χ4n) is 3.22. The van der Waals surface area contributed by atoms with Crippen molar-refractivity contribution in [2.24, 2.45) is 11.7 Å². The third kappa shape index (κ3) is 2.75. The van der Waals surface area contributed by atoms with Crippen LogP contribution in [0, 0.1) is 19.8 Å². The highest BCUT2D eigenvalue weighted by atomic mass is 16.3. The summed E-state index contributed by atoms with van der Waals surface area (Å²) in [6.45, 7) is 6.52. The molecule has 118 valence electrons. The fourth-order valence-corrected chi connectivity index (χ4v) is 3.22. The molecule has 22 heavy (non-hydrogen) atoms. The summed E-state index contributed by atoms with van der Waals surface area (Å²) in [6, 6.07) is 4.15. The van der Waals surface area contributed by atoms with E-state index in [1.807, 2.05) is 4.90 Å². The first-order valence-corrected chi connectivity index (χ1v) is 8.04. The van der Waals surface area contributed by atoms with Gasteiger partial charge < -0.3 is 15.1 Å².